The number of rotatable bonds is 18. The van der Waals surface area contributed by atoms with Crippen LogP contribution in [0.3, 0.4) is 0 Å². The van der Waals surface area contributed by atoms with Crippen LogP contribution in [0.5, 0.6) is 0 Å². The van der Waals surface area contributed by atoms with Crippen molar-refractivity contribution in [1.29, 1.82) is 0 Å². The van der Waals surface area contributed by atoms with E-state index in [9.17, 15) is 9.90 Å². The molecule has 0 aromatic heterocycles. The minimum absolute atomic E-state index is 0.0607. The van der Waals surface area contributed by atoms with E-state index >= 15 is 0 Å². The van der Waals surface area contributed by atoms with Gasteiger partial charge in [-0.2, -0.15) is 0 Å². The summed E-state index contributed by atoms with van der Waals surface area (Å²) in [5.74, 6) is -0.208. The molecule has 0 bridgehead atoms. The van der Waals surface area contributed by atoms with Crippen LogP contribution < -0.4 is 0 Å². The third kappa shape index (κ3) is 12.3. The fourth-order valence-electron chi connectivity index (χ4n) is 4.55. The van der Waals surface area contributed by atoms with Crippen molar-refractivity contribution in [3.8, 4) is 0 Å². The summed E-state index contributed by atoms with van der Waals surface area (Å²) < 4.78 is 12.5. The third-order valence-electron chi connectivity index (χ3n) is 7.10. The molecule has 0 radical (unpaired) electrons. The van der Waals surface area contributed by atoms with Gasteiger partial charge in [-0.05, 0) is 77.1 Å². The van der Waals surface area contributed by atoms with Crippen LogP contribution >= 0.6 is 58.7 Å². The first-order valence-corrected chi connectivity index (χ1v) is 22.9. The van der Waals surface area contributed by atoms with E-state index in [2.05, 4.69) is 69.2 Å². The molecule has 2 N–H and O–H groups in total. The van der Waals surface area contributed by atoms with Crippen LogP contribution in [0.1, 0.15) is 85.0 Å². The average Bonchev–Trinajstić information content (AvgIpc) is 3.09. The maximum absolute atomic E-state index is 10.8. The molecular weight excluding hydrogens is 561 g/mol. The molecule has 200 valence electrons. The molecule has 0 saturated heterocycles. The second kappa shape index (κ2) is 18.4. The highest BCUT2D eigenvalue weighted by atomic mass is 32.9. The minimum Gasteiger partial charge on any atom is -0.481 e. The summed E-state index contributed by atoms with van der Waals surface area (Å²) in [6.45, 7) is 6.62. The first-order valence-electron chi connectivity index (χ1n) is 12.2. The zero-order valence-corrected chi connectivity index (χ0v) is 28.3. The van der Waals surface area contributed by atoms with Crippen molar-refractivity contribution < 1.29 is 24.1 Å². The van der Waals surface area contributed by atoms with Gasteiger partial charge >= 0.3 is 5.97 Å². The van der Waals surface area contributed by atoms with Crippen LogP contribution in [0, 0.1) is 17.3 Å². The Bertz CT molecular complexity index is 608. The van der Waals surface area contributed by atoms with Crippen molar-refractivity contribution in [1.82, 2.24) is 0 Å². The lowest BCUT2D eigenvalue weighted by atomic mass is 9.78. The lowest BCUT2D eigenvalue weighted by molar-refractivity contribution is -0.137. The molecule has 1 fully saturated rings. The van der Waals surface area contributed by atoms with Crippen molar-refractivity contribution in [2.45, 2.75) is 103 Å². The van der Waals surface area contributed by atoms with Crippen molar-refractivity contribution in [3.05, 3.63) is 12.2 Å². The molecule has 0 heterocycles. The Balaban J connectivity index is 2.73. The van der Waals surface area contributed by atoms with E-state index in [1.165, 1.54) is 0 Å². The SMILES string of the molecule is CCC(C)(C)C(CC[C@H]1C(OP)CC(O)C1C/C=C\CCCCCC(=O)O)OP(PP)P(P)P. The largest absolute Gasteiger partial charge is 0.481 e. The first-order chi connectivity index (χ1) is 16.1. The lowest BCUT2D eigenvalue weighted by Gasteiger charge is -2.38. The molecule has 34 heavy (non-hydrogen) atoms. The van der Waals surface area contributed by atoms with Crippen LogP contribution in [0.2, 0.25) is 0 Å². The van der Waals surface area contributed by atoms with Crippen molar-refractivity contribution in [2.24, 2.45) is 17.3 Å². The summed E-state index contributed by atoms with van der Waals surface area (Å²) in [4.78, 5) is 10.6. The van der Waals surface area contributed by atoms with Gasteiger partial charge in [0.15, 0.2) is 0 Å². The second-order valence-electron chi connectivity index (χ2n) is 9.80. The molecule has 1 rings (SSSR count). The van der Waals surface area contributed by atoms with Crippen LogP contribution in [-0.2, 0) is 13.8 Å². The van der Waals surface area contributed by atoms with E-state index in [-0.39, 0.29) is 43.1 Å². The zero-order valence-electron chi connectivity index (χ0n) is 20.9. The molecule has 0 aliphatic heterocycles. The predicted octanol–water partition coefficient (Wildman–Crippen LogP) is 8.50. The Morgan fingerprint density at radius 1 is 1.24 bits per heavy atom. The third-order valence-corrected chi connectivity index (χ3v) is 26.2. The number of hydrogen-bond acceptors (Lipinski definition) is 4. The van der Waals surface area contributed by atoms with Gasteiger partial charge in [0.05, 0.1) is 25.8 Å². The van der Waals surface area contributed by atoms with Gasteiger partial charge in [0.1, 0.15) is 0 Å². The van der Waals surface area contributed by atoms with Crippen LogP contribution in [0.4, 0.5) is 0 Å². The molecule has 1 aliphatic carbocycles. The van der Waals surface area contributed by atoms with Gasteiger partial charge in [-0.3, -0.25) is 4.79 Å². The number of allylic oxidation sites excluding steroid dienone is 2. The van der Waals surface area contributed by atoms with Gasteiger partial charge in [0.25, 0.3) is 0 Å². The van der Waals surface area contributed by atoms with E-state index in [0.717, 1.165) is 59.3 Å². The van der Waals surface area contributed by atoms with Crippen LogP contribution in [0.15, 0.2) is 12.2 Å². The Kier molecular flexibility index (Phi) is 18.5. The smallest absolute Gasteiger partial charge is 0.303 e. The molecule has 1 saturated carbocycles. The number of aliphatic hydroxyl groups excluding tert-OH is 1. The van der Waals surface area contributed by atoms with E-state index in [0.29, 0.717) is 12.3 Å². The topological polar surface area (TPSA) is 76.0 Å². The van der Waals surface area contributed by atoms with Gasteiger partial charge in [-0.25, -0.2) is 0 Å². The molecule has 0 amide bonds. The Labute approximate surface area is 221 Å². The number of unbranched alkanes of at least 4 members (excludes halogenated alkanes) is 3. The quantitative estimate of drug-likeness (QED) is 0.0928. The van der Waals surface area contributed by atoms with E-state index in [1.807, 2.05) is 0 Å². The molecule has 0 aromatic carbocycles. The maximum Gasteiger partial charge on any atom is 0.303 e. The zero-order chi connectivity index (χ0) is 25.7. The molecule has 11 atom stereocenters. The van der Waals surface area contributed by atoms with Gasteiger partial charge < -0.3 is 19.3 Å². The molecule has 5 nitrogen and oxygen atoms in total. The Morgan fingerprint density at radius 3 is 2.50 bits per heavy atom. The summed E-state index contributed by atoms with van der Waals surface area (Å²) in [6, 6.07) is 0. The minimum atomic E-state index is -0.716. The first kappa shape index (κ1) is 34.1. The molecule has 1 aliphatic rings. The van der Waals surface area contributed by atoms with Crippen LogP contribution in [0.25, 0.3) is 0 Å². The summed E-state index contributed by atoms with van der Waals surface area (Å²) >= 11 is 0. The molecule has 0 spiro atoms. The molecular formula is C22H47O5P7. The lowest BCUT2D eigenvalue weighted by Crippen LogP contribution is -2.32. The highest BCUT2D eigenvalue weighted by Crippen LogP contribution is 2.89. The second-order valence-corrected chi connectivity index (χ2v) is 27.5. The molecule has 0 aromatic rings. The monoisotopic (exact) mass is 608 g/mol. The normalized spacial score (nSPS) is 25.7. The van der Waals surface area contributed by atoms with Gasteiger partial charge in [0, 0.05) is 22.3 Å². The van der Waals surface area contributed by atoms with Crippen molar-refractivity contribution in [3.63, 3.8) is 0 Å². The molecule has 12 heteroatoms. The standard InChI is InChI=1S/C22H47O5P7/c1-4-22(2,3)20(27-33(32-29)34(30)31)14-13-17-16(18(23)15-19(17)26-28)11-9-7-5-6-8-10-12-21(24)25/h7,9,16-20,23,32H,4-6,8,10-15,28-31H2,1-3H3,(H,24,25)/b9-7-/t16?,17-,18?,19?,20?,33?/m1/s1. The van der Waals surface area contributed by atoms with Gasteiger partial charge in [0.2, 0.25) is 0 Å². The highest BCUT2D eigenvalue weighted by Gasteiger charge is 2.43. The summed E-state index contributed by atoms with van der Waals surface area (Å²) in [7, 11) is 11.5. The number of hydrogen-bond donors (Lipinski definition) is 2. The van der Waals surface area contributed by atoms with Gasteiger partial charge in [-0.15, -0.1) is 26.8 Å². The summed E-state index contributed by atoms with van der Waals surface area (Å²) in [5, 5.41) is 19.5. The van der Waals surface area contributed by atoms with E-state index < -0.39 is 13.5 Å². The van der Waals surface area contributed by atoms with Crippen LogP contribution in [-0.4, -0.2) is 34.5 Å². The maximum atomic E-state index is 10.8. The summed E-state index contributed by atoms with van der Waals surface area (Å²) in [6.07, 6.45) is 12.8. The van der Waals surface area contributed by atoms with Crippen molar-refractivity contribution in [2.75, 3.05) is 0 Å². The Morgan fingerprint density at radius 2 is 1.94 bits per heavy atom. The van der Waals surface area contributed by atoms with Crippen molar-refractivity contribution >= 4 is 64.7 Å². The molecule has 10 unspecified atom stereocenters. The fourth-order valence-corrected chi connectivity index (χ4v) is 24.6. The average molecular weight is 608 g/mol. The summed E-state index contributed by atoms with van der Waals surface area (Å²) in [5.41, 5.74) is 0.107. The van der Waals surface area contributed by atoms with E-state index in [1.54, 1.807) is 0 Å². The number of aliphatic carboxylic acids is 1. The number of carboxylic acids is 1. The number of carboxylic acid groups (broad SMARTS) is 1. The van der Waals surface area contributed by atoms with Gasteiger partial charge in [-0.1, -0.05) is 39.3 Å². The predicted molar refractivity (Wildman–Crippen MR) is 166 cm³/mol. The number of aliphatic hydroxyl groups is 1. The van der Waals surface area contributed by atoms with E-state index in [4.69, 9.17) is 14.2 Å². The highest BCUT2D eigenvalue weighted by molar-refractivity contribution is 8.86. The Hall–Kier alpha value is 2.10. The fraction of sp³-hybridized carbons (Fsp3) is 0.864. The number of carbonyl (C=O) groups is 1.